The third-order valence-electron chi connectivity index (χ3n) is 7.35. The van der Waals surface area contributed by atoms with Crippen molar-refractivity contribution in [3.05, 3.63) is 54.6 Å². The Labute approximate surface area is 173 Å². The van der Waals surface area contributed by atoms with E-state index in [0.29, 0.717) is 18.0 Å². The van der Waals surface area contributed by atoms with Gasteiger partial charge in [-0.3, -0.25) is 9.69 Å². The maximum Gasteiger partial charge on any atom is 0.333 e. The van der Waals surface area contributed by atoms with Crippen molar-refractivity contribution in [1.29, 1.82) is 0 Å². The summed E-state index contributed by atoms with van der Waals surface area (Å²) in [4.78, 5) is 30.4. The van der Waals surface area contributed by atoms with Crippen LogP contribution in [0.1, 0.15) is 31.7 Å². The molecule has 0 aromatic heterocycles. The first-order chi connectivity index (χ1) is 14.0. The number of ether oxygens (including phenoxy) is 1. The van der Waals surface area contributed by atoms with E-state index < -0.39 is 5.41 Å². The zero-order valence-corrected chi connectivity index (χ0v) is 17.4. The van der Waals surface area contributed by atoms with E-state index in [1.165, 1.54) is 7.11 Å². The largest absolute Gasteiger partial charge is 0.466 e. The fourth-order valence-corrected chi connectivity index (χ4v) is 5.93. The Kier molecular flexibility index (Phi) is 5.11. The Hall–Kier alpha value is -2.40. The van der Waals surface area contributed by atoms with Gasteiger partial charge < -0.3 is 9.64 Å². The molecule has 2 fully saturated rings. The molecule has 1 aromatic carbocycles. The number of carbonyl (C=O) groups is 2. The van der Waals surface area contributed by atoms with Crippen molar-refractivity contribution in [3.63, 3.8) is 0 Å². The average molecular weight is 395 g/mol. The SMILES string of the molecule is C=CCN1C(=O)[C@]2(CCN3C[C@@H](CC)[C@@H](C(=C)C(=O)OC)C[C@H]32)c2ccccc21. The molecule has 2 saturated heterocycles. The van der Waals surface area contributed by atoms with Gasteiger partial charge in [-0.05, 0) is 42.9 Å². The number of para-hydroxylation sites is 1. The quantitative estimate of drug-likeness (QED) is 0.437. The van der Waals surface area contributed by atoms with Gasteiger partial charge in [0.05, 0.1) is 12.5 Å². The Balaban J connectivity index is 1.75. The van der Waals surface area contributed by atoms with Gasteiger partial charge in [0.1, 0.15) is 0 Å². The highest BCUT2D eigenvalue weighted by Gasteiger charge is 2.61. The number of methoxy groups -OCH3 is 1. The second-order valence-corrected chi connectivity index (χ2v) is 8.48. The predicted octanol–water partition coefficient (Wildman–Crippen LogP) is 3.31. The van der Waals surface area contributed by atoms with Crippen LogP contribution in [0.2, 0.25) is 0 Å². The normalized spacial score (nSPS) is 30.9. The van der Waals surface area contributed by atoms with Gasteiger partial charge in [0.15, 0.2) is 0 Å². The Morgan fingerprint density at radius 1 is 1.38 bits per heavy atom. The summed E-state index contributed by atoms with van der Waals surface area (Å²) in [6.45, 7) is 12.4. The molecular weight excluding hydrogens is 364 g/mol. The molecule has 0 aliphatic carbocycles. The molecule has 3 aliphatic heterocycles. The van der Waals surface area contributed by atoms with Crippen LogP contribution in [-0.4, -0.2) is 49.6 Å². The lowest BCUT2D eigenvalue weighted by Gasteiger charge is -2.45. The maximum atomic E-state index is 13.8. The highest BCUT2D eigenvalue weighted by Crippen LogP contribution is 2.54. The van der Waals surface area contributed by atoms with Crippen LogP contribution >= 0.6 is 0 Å². The minimum absolute atomic E-state index is 0.0390. The van der Waals surface area contributed by atoms with Crippen LogP contribution in [0.15, 0.2) is 49.1 Å². The van der Waals surface area contributed by atoms with E-state index in [2.05, 4.69) is 31.0 Å². The van der Waals surface area contributed by atoms with Gasteiger partial charge in [-0.25, -0.2) is 4.79 Å². The molecule has 1 aromatic rings. The Morgan fingerprint density at radius 2 is 2.14 bits per heavy atom. The number of hydrogen-bond acceptors (Lipinski definition) is 4. The first kappa shape index (κ1) is 19.9. The summed E-state index contributed by atoms with van der Waals surface area (Å²) in [5, 5.41) is 0. The van der Waals surface area contributed by atoms with Crippen molar-refractivity contribution in [2.45, 2.75) is 37.6 Å². The fraction of sp³-hybridized carbons (Fsp3) is 0.500. The molecule has 29 heavy (non-hydrogen) atoms. The van der Waals surface area contributed by atoms with E-state index in [1.807, 2.05) is 23.1 Å². The molecule has 4 rings (SSSR count). The van der Waals surface area contributed by atoms with Gasteiger partial charge in [-0.1, -0.05) is 44.2 Å². The Morgan fingerprint density at radius 3 is 2.83 bits per heavy atom. The predicted molar refractivity (Wildman–Crippen MR) is 114 cm³/mol. The van der Waals surface area contributed by atoms with E-state index in [-0.39, 0.29) is 23.8 Å². The lowest BCUT2D eigenvalue weighted by molar-refractivity contribution is -0.137. The van der Waals surface area contributed by atoms with Gasteiger partial charge in [-0.15, -0.1) is 6.58 Å². The van der Waals surface area contributed by atoms with Crippen LogP contribution in [-0.2, 0) is 19.7 Å². The van der Waals surface area contributed by atoms with Gasteiger partial charge >= 0.3 is 5.97 Å². The van der Waals surface area contributed by atoms with Crippen LogP contribution < -0.4 is 4.90 Å². The molecule has 5 nitrogen and oxygen atoms in total. The van der Waals surface area contributed by atoms with E-state index >= 15 is 0 Å². The number of benzene rings is 1. The van der Waals surface area contributed by atoms with Gasteiger partial charge in [0.2, 0.25) is 5.91 Å². The number of hydrogen-bond donors (Lipinski definition) is 0. The summed E-state index contributed by atoms with van der Waals surface area (Å²) in [6.07, 6.45) is 4.34. The molecule has 0 radical (unpaired) electrons. The number of carbonyl (C=O) groups excluding carboxylic acids is 2. The van der Waals surface area contributed by atoms with E-state index in [1.54, 1.807) is 6.08 Å². The first-order valence-electron chi connectivity index (χ1n) is 10.5. The molecule has 1 spiro atoms. The molecule has 5 heteroatoms. The van der Waals surface area contributed by atoms with Crippen LogP contribution in [0.5, 0.6) is 0 Å². The molecule has 154 valence electrons. The van der Waals surface area contributed by atoms with Crippen LogP contribution in [0.4, 0.5) is 5.69 Å². The smallest absolute Gasteiger partial charge is 0.333 e. The number of amides is 1. The van der Waals surface area contributed by atoms with Gasteiger partial charge in [-0.2, -0.15) is 0 Å². The number of anilines is 1. The number of piperidine rings is 1. The van der Waals surface area contributed by atoms with Gasteiger partial charge in [0, 0.05) is 30.4 Å². The molecule has 0 saturated carbocycles. The molecule has 3 aliphatic rings. The third kappa shape index (κ3) is 2.78. The fourth-order valence-electron chi connectivity index (χ4n) is 5.93. The zero-order valence-electron chi connectivity index (χ0n) is 17.4. The van der Waals surface area contributed by atoms with E-state index in [9.17, 15) is 9.59 Å². The second-order valence-electron chi connectivity index (χ2n) is 8.48. The monoisotopic (exact) mass is 394 g/mol. The van der Waals surface area contributed by atoms with Crippen molar-refractivity contribution in [2.24, 2.45) is 11.8 Å². The number of fused-ring (bicyclic) bond motifs is 4. The van der Waals surface area contributed by atoms with Crippen molar-refractivity contribution < 1.29 is 14.3 Å². The maximum absolute atomic E-state index is 13.8. The number of rotatable bonds is 5. The van der Waals surface area contributed by atoms with Crippen molar-refractivity contribution in [2.75, 3.05) is 31.6 Å². The van der Waals surface area contributed by atoms with E-state index in [0.717, 1.165) is 43.6 Å². The minimum atomic E-state index is -0.549. The number of nitrogens with zero attached hydrogens (tertiary/aromatic N) is 2. The molecule has 3 heterocycles. The third-order valence-corrected chi connectivity index (χ3v) is 7.35. The summed E-state index contributed by atoms with van der Waals surface area (Å²) < 4.78 is 4.97. The van der Waals surface area contributed by atoms with Gasteiger partial charge in [0.25, 0.3) is 0 Å². The Bertz CT molecular complexity index is 863. The zero-order chi connectivity index (χ0) is 20.8. The number of esters is 1. The minimum Gasteiger partial charge on any atom is -0.466 e. The topological polar surface area (TPSA) is 49.9 Å². The van der Waals surface area contributed by atoms with E-state index in [4.69, 9.17) is 4.74 Å². The molecule has 4 atom stereocenters. The van der Waals surface area contributed by atoms with Crippen LogP contribution in [0.3, 0.4) is 0 Å². The molecule has 0 bridgehead atoms. The van der Waals surface area contributed by atoms with Crippen LogP contribution in [0, 0.1) is 11.8 Å². The molecule has 0 unspecified atom stereocenters. The lowest BCUT2D eigenvalue weighted by atomic mass is 9.67. The van der Waals surface area contributed by atoms with Crippen molar-refractivity contribution >= 4 is 17.6 Å². The second kappa shape index (κ2) is 7.45. The average Bonchev–Trinajstić information content (AvgIpc) is 3.24. The summed E-state index contributed by atoms with van der Waals surface area (Å²) in [6, 6.07) is 8.23. The van der Waals surface area contributed by atoms with Crippen molar-refractivity contribution in [3.8, 4) is 0 Å². The lowest BCUT2D eigenvalue weighted by Crippen LogP contribution is -2.54. The summed E-state index contributed by atoms with van der Waals surface area (Å²) in [5.74, 6) is 0.227. The summed E-state index contributed by atoms with van der Waals surface area (Å²) >= 11 is 0. The first-order valence-corrected chi connectivity index (χ1v) is 10.5. The standard InChI is InChI=1S/C24H30N2O3/c1-5-12-26-20-10-8-7-9-19(20)24(23(26)28)11-13-25-15-17(6-2)18(14-21(24)25)16(3)22(27)29-4/h5,7-10,17-18,21H,1,3,6,11-15H2,2,4H3/t17-,18-,21+,24-/m1/s1. The summed E-state index contributed by atoms with van der Waals surface area (Å²) in [7, 11) is 1.41. The molecule has 1 amide bonds. The van der Waals surface area contributed by atoms with Crippen LogP contribution in [0.25, 0.3) is 0 Å². The summed E-state index contributed by atoms with van der Waals surface area (Å²) in [5.41, 5.74) is 2.12. The highest BCUT2D eigenvalue weighted by atomic mass is 16.5. The highest BCUT2D eigenvalue weighted by molar-refractivity contribution is 6.09. The van der Waals surface area contributed by atoms with Crippen molar-refractivity contribution in [1.82, 2.24) is 4.90 Å². The molecule has 0 N–H and O–H groups in total. The molecular formula is C24H30N2O3.